The van der Waals surface area contributed by atoms with Crippen LogP contribution < -0.4 is 4.74 Å². The molecule has 0 saturated carbocycles. The summed E-state index contributed by atoms with van der Waals surface area (Å²) in [6.45, 7) is 3.01. The third-order valence-corrected chi connectivity index (χ3v) is 3.43. The maximum absolute atomic E-state index is 6.07. The van der Waals surface area contributed by atoms with Crippen LogP contribution in [0.1, 0.15) is 0 Å². The van der Waals surface area contributed by atoms with Crippen LogP contribution in [0.4, 0.5) is 0 Å². The minimum atomic E-state index is 0.0759. The van der Waals surface area contributed by atoms with E-state index in [2.05, 4.69) is 19.0 Å². The van der Waals surface area contributed by atoms with Gasteiger partial charge in [0, 0.05) is 11.6 Å². The zero-order chi connectivity index (χ0) is 13.2. The molecule has 5 heteroatoms. The summed E-state index contributed by atoms with van der Waals surface area (Å²) in [5.74, 6) is 0.672. The Kier molecular flexibility index (Phi) is 4.38. The van der Waals surface area contributed by atoms with Crippen LogP contribution in [0.2, 0.25) is 10.0 Å². The molecule has 0 aromatic heterocycles. The van der Waals surface area contributed by atoms with Crippen molar-refractivity contribution < 1.29 is 9.47 Å². The van der Waals surface area contributed by atoms with E-state index in [0.29, 0.717) is 22.4 Å². The molecule has 1 fully saturated rings. The molecule has 0 bridgehead atoms. The molecule has 1 aromatic carbocycles. The molecule has 100 valence electrons. The van der Waals surface area contributed by atoms with E-state index in [1.165, 1.54) is 0 Å². The molecule has 1 aliphatic heterocycles. The van der Waals surface area contributed by atoms with Gasteiger partial charge in [-0.3, -0.25) is 0 Å². The highest BCUT2D eigenvalue weighted by molar-refractivity contribution is 6.35. The Morgan fingerprint density at radius 1 is 1.33 bits per heavy atom. The van der Waals surface area contributed by atoms with Gasteiger partial charge in [0.2, 0.25) is 0 Å². The molecular weight excluding hydrogens is 273 g/mol. The van der Waals surface area contributed by atoms with Gasteiger partial charge >= 0.3 is 0 Å². The summed E-state index contributed by atoms with van der Waals surface area (Å²) < 4.78 is 11.1. The minimum absolute atomic E-state index is 0.0759. The molecule has 1 heterocycles. The number of hydrogen-bond donors (Lipinski definition) is 0. The zero-order valence-electron chi connectivity index (χ0n) is 10.6. The summed E-state index contributed by atoms with van der Waals surface area (Å²) in [5.41, 5.74) is 0.0759. The quantitative estimate of drug-likeness (QED) is 0.832. The van der Waals surface area contributed by atoms with Crippen molar-refractivity contribution in [2.45, 2.75) is 0 Å². The summed E-state index contributed by atoms with van der Waals surface area (Å²) in [6.07, 6.45) is 0. The van der Waals surface area contributed by atoms with Crippen molar-refractivity contribution in [3.63, 3.8) is 0 Å². The SMILES string of the molecule is CN(C)CC1(COc2ccc(Cl)cc2Cl)COC1. The second-order valence-electron chi connectivity index (χ2n) is 5.09. The van der Waals surface area contributed by atoms with E-state index in [1.54, 1.807) is 18.2 Å². The predicted molar refractivity (Wildman–Crippen MR) is 73.8 cm³/mol. The minimum Gasteiger partial charge on any atom is -0.491 e. The Bertz CT molecular complexity index is 419. The third-order valence-electron chi connectivity index (χ3n) is 2.90. The first-order valence-electron chi connectivity index (χ1n) is 5.81. The highest BCUT2D eigenvalue weighted by Gasteiger charge is 2.40. The maximum Gasteiger partial charge on any atom is 0.138 e. The standard InChI is InChI=1S/C13H17Cl2NO2/c1-16(2)6-13(7-17-8-13)9-18-12-4-3-10(14)5-11(12)15/h3-5H,6-9H2,1-2H3. The van der Waals surface area contributed by atoms with Gasteiger partial charge in [-0.15, -0.1) is 0 Å². The average Bonchev–Trinajstić information content (AvgIpc) is 2.23. The van der Waals surface area contributed by atoms with Gasteiger partial charge in [0.1, 0.15) is 5.75 Å². The van der Waals surface area contributed by atoms with E-state index in [4.69, 9.17) is 32.7 Å². The Labute approximate surface area is 118 Å². The lowest BCUT2D eigenvalue weighted by Crippen LogP contribution is -2.53. The first kappa shape index (κ1) is 13.9. The maximum atomic E-state index is 6.07. The van der Waals surface area contributed by atoms with Crippen LogP contribution in [0, 0.1) is 5.41 Å². The van der Waals surface area contributed by atoms with Gasteiger partial charge < -0.3 is 14.4 Å². The molecule has 3 nitrogen and oxygen atoms in total. The molecule has 0 aliphatic carbocycles. The first-order valence-corrected chi connectivity index (χ1v) is 6.57. The Hall–Kier alpha value is -0.480. The normalized spacial score (nSPS) is 17.6. The Balaban J connectivity index is 1.97. The highest BCUT2D eigenvalue weighted by atomic mass is 35.5. The fourth-order valence-electron chi connectivity index (χ4n) is 2.10. The lowest BCUT2D eigenvalue weighted by molar-refractivity contribution is -0.140. The number of nitrogens with zero attached hydrogens (tertiary/aromatic N) is 1. The van der Waals surface area contributed by atoms with Crippen molar-refractivity contribution in [1.29, 1.82) is 0 Å². The molecule has 1 saturated heterocycles. The van der Waals surface area contributed by atoms with E-state index in [0.717, 1.165) is 19.8 Å². The fraction of sp³-hybridized carbons (Fsp3) is 0.538. The van der Waals surface area contributed by atoms with Crippen LogP contribution >= 0.6 is 23.2 Å². The summed E-state index contributed by atoms with van der Waals surface area (Å²) in [4.78, 5) is 2.15. The summed E-state index contributed by atoms with van der Waals surface area (Å²) in [7, 11) is 4.10. The van der Waals surface area contributed by atoms with Crippen molar-refractivity contribution in [2.24, 2.45) is 5.41 Å². The molecule has 1 aliphatic rings. The van der Waals surface area contributed by atoms with Crippen molar-refractivity contribution in [3.05, 3.63) is 28.2 Å². The van der Waals surface area contributed by atoms with Crippen molar-refractivity contribution >= 4 is 23.2 Å². The zero-order valence-corrected chi connectivity index (χ0v) is 12.1. The van der Waals surface area contributed by atoms with Crippen molar-refractivity contribution in [2.75, 3.05) is 40.5 Å². The lowest BCUT2D eigenvalue weighted by atomic mass is 9.86. The lowest BCUT2D eigenvalue weighted by Gasteiger charge is -2.42. The third kappa shape index (κ3) is 3.29. The first-order chi connectivity index (χ1) is 8.51. The predicted octanol–water partition coefficient (Wildman–Crippen LogP) is 2.95. The average molecular weight is 290 g/mol. The molecular formula is C13H17Cl2NO2. The molecule has 0 unspecified atom stereocenters. The van der Waals surface area contributed by atoms with Gasteiger partial charge in [-0.25, -0.2) is 0 Å². The largest absolute Gasteiger partial charge is 0.491 e. The van der Waals surface area contributed by atoms with Crippen LogP contribution in [-0.2, 0) is 4.74 Å². The molecule has 1 aromatic rings. The van der Waals surface area contributed by atoms with Crippen molar-refractivity contribution in [1.82, 2.24) is 4.90 Å². The summed E-state index contributed by atoms with van der Waals surface area (Å²) in [6, 6.07) is 5.26. The number of benzene rings is 1. The Morgan fingerprint density at radius 2 is 2.06 bits per heavy atom. The molecule has 18 heavy (non-hydrogen) atoms. The molecule has 0 atom stereocenters. The van der Waals surface area contributed by atoms with Crippen molar-refractivity contribution in [3.8, 4) is 5.75 Å². The second kappa shape index (κ2) is 5.66. The highest BCUT2D eigenvalue weighted by Crippen LogP contribution is 2.32. The van der Waals surface area contributed by atoms with Gasteiger partial charge in [0.15, 0.2) is 0 Å². The Morgan fingerprint density at radius 3 is 2.56 bits per heavy atom. The van der Waals surface area contributed by atoms with E-state index in [-0.39, 0.29) is 5.41 Å². The molecule has 0 amide bonds. The van der Waals surface area contributed by atoms with Crippen LogP contribution in [0.5, 0.6) is 5.75 Å². The molecule has 0 spiro atoms. The van der Waals surface area contributed by atoms with Gasteiger partial charge in [-0.1, -0.05) is 23.2 Å². The number of halogens is 2. The van der Waals surface area contributed by atoms with Gasteiger partial charge in [0.05, 0.1) is 30.3 Å². The fourth-order valence-corrected chi connectivity index (χ4v) is 2.57. The number of ether oxygens (including phenoxy) is 2. The van der Waals surface area contributed by atoms with E-state index >= 15 is 0 Å². The van der Waals surface area contributed by atoms with Gasteiger partial charge in [0.25, 0.3) is 0 Å². The summed E-state index contributed by atoms with van der Waals surface area (Å²) in [5, 5.41) is 1.16. The van der Waals surface area contributed by atoms with Crippen LogP contribution in [0.3, 0.4) is 0 Å². The monoisotopic (exact) mass is 289 g/mol. The van der Waals surface area contributed by atoms with E-state index < -0.39 is 0 Å². The topological polar surface area (TPSA) is 21.7 Å². The number of hydrogen-bond acceptors (Lipinski definition) is 3. The molecule has 2 rings (SSSR count). The van der Waals surface area contributed by atoms with E-state index in [9.17, 15) is 0 Å². The van der Waals surface area contributed by atoms with Crippen LogP contribution in [0.15, 0.2) is 18.2 Å². The molecule has 0 radical (unpaired) electrons. The van der Waals surface area contributed by atoms with Gasteiger partial charge in [-0.05, 0) is 32.3 Å². The van der Waals surface area contributed by atoms with Crippen LogP contribution in [0.25, 0.3) is 0 Å². The second-order valence-corrected chi connectivity index (χ2v) is 5.94. The van der Waals surface area contributed by atoms with E-state index in [1.807, 2.05) is 0 Å². The number of rotatable bonds is 5. The summed E-state index contributed by atoms with van der Waals surface area (Å²) >= 11 is 11.9. The molecule has 0 N–H and O–H groups in total. The van der Waals surface area contributed by atoms with Gasteiger partial charge in [-0.2, -0.15) is 0 Å². The smallest absolute Gasteiger partial charge is 0.138 e. The van der Waals surface area contributed by atoms with Crippen LogP contribution in [-0.4, -0.2) is 45.4 Å².